The standard InChI is InChI=1S/C13H20O2S/c1-7-9(2)8-13(6)10(14)15-11(16-13)12(3,4)5/h7-8,11H,1H2,2-6H3/t11-,13-/m1/s1. The van der Waals surface area contributed by atoms with Gasteiger partial charge in [-0.25, -0.2) is 0 Å². The van der Waals surface area contributed by atoms with Crippen LogP contribution in [-0.4, -0.2) is 16.2 Å². The van der Waals surface area contributed by atoms with Crippen LogP contribution >= 0.6 is 11.8 Å². The Morgan fingerprint density at radius 1 is 1.56 bits per heavy atom. The van der Waals surface area contributed by atoms with E-state index in [0.29, 0.717) is 0 Å². The van der Waals surface area contributed by atoms with Crippen LogP contribution in [0, 0.1) is 5.41 Å². The predicted octanol–water partition coefficient (Wildman–Crippen LogP) is 3.54. The molecule has 3 heteroatoms. The molecule has 0 unspecified atom stereocenters. The number of hydrogen-bond donors (Lipinski definition) is 0. The topological polar surface area (TPSA) is 26.3 Å². The second-order valence-corrected chi connectivity index (χ2v) is 6.93. The molecule has 0 radical (unpaired) electrons. The van der Waals surface area contributed by atoms with Gasteiger partial charge in [-0.2, -0.15) is 0 Å². The van der Waals surface area contributed by atoms with E-state index in [4.69, 9.17) is 4.74 Å². The second kappa shape index (κ2) is 4.28. The van der Waals surface area contributed by atoms with Crippen LogP contribution in [0.3, 0.4) is 0 Å². The first-order valence-electron chi connectivity index (χ1n) is 5.40. The van der Waals surface area contributed by atoms with Crippen molar-refractivity contribution in [3.63, 3.8) is 0 Å². The Morgan fingerprint density at radius 2 is 2.12 bits per heavy atom. The molecule has 0 bridgehead atoms. The molecule has 1 aliphatic heterocycles. The van der Waals surface area contributed by atoms with Gasteiger partial charge in [-0.1, -0.05) is 56.8 Å². The average molecular weight is 240 g/mol. The summed E-state index contributed by atoms with van der Waals surface area (Å²) in [6, 6.07) is 0. The molecular weight excluding hydrogens is 220 g/mol. The fraction of sp³-hybridized carbons (Fsp3) is 0.615. The third-order valence-electron chi connectivity index (χ3n) is 2.50. The zero-order valence-corrected chi connectivity index (χ0v) is 11.5. The Balaban J connectivity index is 2.94. The number of hydrogen-bond acceptors (Lipinski definition) is 3. The number of rotatable bonds is 2. The molecule has 2 nitrogen and oxygen atoms in total. The summed E-state index contributed by atoms with van der Waals surface area (Å²) in [5, 5.41) is 0. The van der Waals surface area contributed by atoms with Crippen molar-refractivity contribution in [1.29, 1.82) is 0 Å². The maximum atomic E-state index is 11.9. The van der Waals surface area contributed by atoms with E-state index in [2.05, 4.69) is 27.4 Å². The number of esters is 1. The molecule has 0 aromatic carbocycles. The minimum Gasteiger partial charge on any atom is -0.449 e. The molecule has 0 spiro atoms. The van der Waals surface area contributed by atoms with Gasteiger partial charge < -0.3 is 4.74 Å². The van der Waals surface area contributed by atoms with E-state index >= 15 is 0 Å². The quantitative estimate of drug-likeness (QED) is 0.545. The number of cyclic esters (lactones) is 1. The van der Waals surface area contributed by atoms with Crippen molar-refractivity contribution in [3.8, 4) is 0 Å². The van der Waals surface area contributed by atoms with E-state index in [0.717, 1.165) is 5.57 Å². The summed E-state index contributed by atoms with van der Waals surface area (Å²) < 4.78 is 4.86. The minimum atomic E-state index is -0.573. The van der Waals surface area contributed by atoms with Gasteiger partial charge in [0.25, 0.3) is 0 Å². The van der Waals surface area contributed by atoms with Crippen molar-refractivity contribution in [2.45, 2.75) is 44.8 Å². The van der Waals surface area contributed by atoms with E-state index in [1.165, 1.54) is 0 Å². The number of carbonyl (C=O) groups is 1. The van der Waals surface area contributed by atoms with Crippen molar-refractivity contribution in [1.82, 2.24) is 0 Å². The summed E-state index contributed by atoms with van der Waals surface area (Å²) in [5.41, 5.74) is 0.883. The number of thioether (sulfide) groups is 1. The number of ether oxygens (including phenoxy) is 1. The van der Waals surface area contributed by atoms with Gasteiger partial charge in [0.2, 0.25) is 0 Å². The van der Waals surface area contributed by atoms with E-state index in [1.807, 2.05) is 19.9 Å². The molecule has 16 heavy (non-hydrogen) atoms. The molecular formula is C13H20O2S. The van der Waals surface area contributed by atoms with Crippen LogP contribution < -0.4 is 0 Å². The molecule has 90 valence electrons. The Labute approximate surface area is 102 Å². The van der Waals surface area contributed by atoms with Gasteiger partial charge in [0.05, 0.1) is 0 Å². The highest BCUT2D eigenvalue weighted by Gasteiger charge is 2.48. The highest BCUT2D eigenvalue weighted by molar-refractivity contribution is 8.02. The van der Waals surface area contributed by atoms with Gasteiger partial charge in [0, 0.05) is 5.41 Å². The molecule has 0 N–H and O–H groups in total. The number of allylic oxidation sites excluding steroid dienone is 2. The lowest BCUT2D eigenvalue weighted by atomic mass is 9.98. The van der Waals surface area contributed by atoms with E-state index in [-0.39, 0.29) is 16.8 Å². The van der Waals surface area contributed by atoms with Crippen LogP contribution in [0.2, 0.25) is 0 Å². The molecule has 1 saturated heterocycles. The number of carbonyl (C=O) groups excluding carboxylic acids is 1. The van der Waals surface area contributed by atoms with Crippen molar-refractivity contribution < 1.29 is 9.53 Å². The van der Waals surface area contributed by atoms with E-state index < -0.39 is 4.75 Å². The molecule has 0 aromatic rings. The third kappa shape index (κ3) is 2.70. The first kappa shape index (κ1) is 13.4. The first-order chi connectivity index (χ1) is 7.19. The molecule has 0 aliphatic carbocycles. The van der Waals surface area contributed by atoms with Crippen LogP contribution in [0.25, 0.3) is 0 Å². The molecule has 2 atom stereocenters. The maximum absolute atomic E-state index is 11.9. The summed E-state index contributed by atoms with van der Waals surface area (Å²) >= 11 is 1.58. The Morgan fingerprint density at radius 3 is 2.50 bits per heavy atom. The van der Waals surface area contributed by atoms with Crippen LogP contribution in [0.15, 0.2) is 24.3 Å². The van der Waals surface area contributed by atoms with Gasteiger partial charge >= 0.3 is 5.97 Å². The lowest BCUT2D eigenvalue weighted by Crippen LogP contribution is -2.24. The molecule has 0 aromatic heterocycles. The Kier molecular flexibility index (Phi) is 3.58. The average Bonchev–Trinajstić information content (AvgIpc) is 2.42. The van der Waals surface area contributed by atoms with Gasteiger partial charge in [0.1, 0.15) is 4.75 Å². The van der Waals surface area contributed by atoms with Gasteiger partial charge in [-0.15, -0.1) is 0 Å². The highest BCUT2D eigenvalue weighted by atomic mass is 32.2. The molecule has 1 heterocycles. The van der Waals surface area contributed by atoms with Crippen molar-refractivity contribution in [2.75, 3.05) is 0 Å². The van der Waals surface area contributed by atoms with E-state index in [9.17, 15) is 4.79 Å². The van der Waals surface area contributed by atoms with Gasteiger partial charge in [0.15, 0.2) is 5.44 Å². The summed E-state index contributed by atoms with van der Waals surface area (Å²) in [6.07, 6.45) is 3.68. The molecule has 1 aliphatic rings. The molecule has 0 amide bonds. The fourth-order valence-corrected chi connectivity index (χ4v) is 2.78. The summed E-state index contributed by atoms with van der Waals surface area (Å²) in [4.78, 5) is 11.9. The summed E-state index contributed by atoms with van der Waals surface area (Å²) in [6.45, 7) is 13.8. The second-order valence-electron chi connectivity index (χ2n) is 5.42. The third-order valence-corrected chi connectivity index (χ3v) is 4.29. The van der Waals surface area contributed by atoms with Crippen molar-refractivity contribution in [3.05, 3.63) is 24.3 Å². The summed E-state index contributed by atoms with van der Waals surface area (Å²) in [5.74, 6) is -0.154. The predicted molar refractivity (Wildman–Crippen MR) is 69.3 cm³/mol. The fourth-order valence-electron chi connectivity index (χ4n) is 1.45. The van der Waals surface area contributed by atoms with Crippen molar-refractivity contribution in [2.24, 2.45) is 5.41 Å². The van der Waals surface area contributed by atoms with E-state index in [1.54, 1.807) is 17.8 Å². The largest absolute Gasteiger partial charge is 0.449 e. The SMILES string of the molecule is C=CC(C)=C[C@@]1(C)S[C@H](C(C)(C)C)OC1=O. The van der Waals surface area contributed by atoms with Gasteiger partial charge in [-0.3, -0.25) is 4.79 Å². The maximum Gasteiger partial charge on any atom is 0.327 e. The Hall–Kier alpha value is -0.700. The Bertz CT molecular complexity index is 338. The lowest BCUT2D eigenvalue weighted by Gasteiger charge is -2.24. The lowest BCUT2D eigenvalue weighted by molar-refractivity contribution is -0.146. The highest BCUT2D eigenvalue weighted by Crippen LogP contribution is 2.47. The zero-order chi connectivity index (χ0) is 12.6. The smallest absolute Gasteiger partial charge is 0.327 e. The molecule has 0 saturated carbocycles. The molecule has 1 fully saturated rings. The summed E-state index contributed by atoms with van der Waals surface area (Å²) in [7, 11) is 0. The van der Waals surface area contributed by atoms with Crippen LogP contribution in [-0.2, 0) is 9.53 Å². The first-order valence-corrected chi connectivity index (χ1v) is 6.28. The van der Waals surface area contributed by atoms with Crippen LogP contribution in [0.5, 0.6) is 0 Å². The monoisotopic (exact) mass is 240 g/mol. The van der Waals surface area contributed by atoms with Gasteiger partial charge in [-0.05, 0) is 13.8 Å². The minimum absolute atomic E-state index is 0.0337. The van der Waals surface area contributed by atoms with Crippen LogP contribution in [0.4, 0.5) is 0 Å². The normalized spacial score (nSPS) is 31.4. The molecule has 1 rings (SSSR count). The van der Waals surface area contributed by atoms with Crippen molar-refractivity contribution >= 4 is 17.7 Å². The zero-order valence-electron chi connectivity index (χ0n) is 10.7. The van der Waals surface area contributed by atoms with Crippen LogP contribution in [0.1, 0.15) is 34.6 Å².